The molecule has 4 nitrogen and oxygen atoms in total. The summed E-state index contributed by atoms with van der Waals surface area (Å²) in [5, 5.41) is 5.49. The number of furan rings is 1. The van der Waals surface area contributed by atoms with E-state index in [2.05, 4.69) is 39.3 Å². The Bertz CT molecular complexity index is 628. The van der Waals surface area contributed by atoms with Gasteiger partial charge in [0, 0.05) is 25.0 Å². The van der Waals surface area contributed by atoms with Crippen LogP contribution in [0.25, 0.3) is 10.7 Å². The van der Waals surface area contributed by atoms with Crippen LogP contribution in [0.1, 0.15) is 18.7 Å². The maximum absolute atomic E-state index is 5.31. The predicted octanol–water partition coefficient (Wildman–Crippen LogP) is 3.56. The van der Waals surface area contributed by atoms with Crippen LogP contribution in [-0.4, -0.2) is 16.1 Å². The molecule has 5 heteroatoms. The number of nitrogens with zero attached hydrogens (tertiary/aromatic N) is 2. The monoisotopic (exact) mass is 287 g/mol. The van der Waals surface area contributed by atoms with Crippen LogP contribution in [0.15, 0.2) is 52.7 Å². The van der Waals surface area contributed by atoms with E-state index < -0.39 is 0 Å². The van der Waals surface area contributed by atoms with Gasteiger partial charge in [-0.1, -0.05) is 6.07 Å². The van der Waals surface area contributed by atoms with Crippen molar-refractivity contribution in [3.63, 3.8) is 0 Å². The van der Waals surface area contributed by atoms with E-state index >= 15 is 0 Å². The molecule has 1 N–H and O–H groups in total. The minimum absolute atomic E-state index is 0.338. The Hall–Kier alpha value is -1.85. The molecule has 0 spiro atoms. The van der Waals surface area contributed by atoms with Crippen LogP contribution in [-0.2, 0) is 6.54 Å². The van der Waals surface area contributed by atoms with Crippen LogP contribution >= 0.6 is 11.3 Å². The molecular formula is C15H17N3OS. The Kier molecular flexibility index (Phi) is 3.99. The first-order chi connectivity index (χ1) is 9.84. The molecule has 3 rings (SSSR count). The van der Waals surface area contributed by atoms with Gasteiger partial charge in [0.25, 0.3) is 0 Å². The molecule has 0 aliphatic rings. The number of aromatic nitrogens is 2. The highest BCUT2D eigenvalue weighted by Crippen LogP contribution is 2.25. The second-order valence-corrected chi connectivity index (χ2v) is 5.64. The average molecular weight is 287 g/mol. The zero-order valence-electron chi connectivity index (χ0n) is 11.3. The van der Waals surface area contributed by atoms with E-state index in [9.17, 15) is 0 Å². The summed E-state index contributed by atoms with van der Waals surface area (Å²) >= 11 is 1.72. The van der Waals surface area contributed by atoms with Crippen molar-refractivity contribution >= 4 is 11.3 Å². The first-order valence-corrected chi connectivity index (χ1v) is 7.52. The predicted molar refractivity (Wildman–Crippen MR) is 80.7 cm³/mol. The normalized spacial score (nSPS) is 12.7. The highest BCUT2D eigenvalue weighted by molar-refractivity contribution is 7.13. The fourth-order valence-corrected chi connectivity index (χ4v) is 2.91. The summed E-state index contributed by atoms with van der Waals surface area (Å²) in [6.45, 7) is 3.81. The lowest BCUT2D eigenvalue weighted by Gasteiger charge is -2.16. The molecule has 104 valence electrons. The van der Waals surface area contributed by atoms with Gasteiger partial charge >= 0.3 is 0 Å². The van der Waals surface area contributed by atoms with Gasteiger partial charge in [0.1, 0.15) is 11.6 Å². The van der Waals surface area contributed by atoms with Crippen molar-refractivity contribution in [3.05, 3.63) is 54.1 Å². The first-order valence-electron chi connectivity index (χ1n) is 6.64. The van der Waals surface area contributed by atoms with E-state index in [1.807, 2.05) is 24.5 Å². The first kappa shape index (κ1) is 13.1. The van der Waals surface area contributed by atoms with E-state index in [1.54, 1.807) is 17.6 Å². The maximum atomic E-state index is 5.31. The summed E-state index contributed by atoms with van der Waals surface area (Å²) in [5.74, 6) is 1.99. The van der Waals surface area contributed by atoms with E-state index in [-0.39, 0.29) is 0 Å². The number of imidazole rings is 1. The molecule has 0 aliphatic heterocycles. The lowest BCUT2D eigenvalue weighted by molar-refractivity contribution is 0.449. The van der Waals surface area contributed by atoms with Crippen molar-refractivity contribution in [1.82, 2.24) is 14.9 Å². The molecule has 3 heterocycles. The number of hydrogen-bond donors (Lipinski definition) is 1. The Balaban J connectivity index is 1.63. The lowest BCUT2D eigenvalue weighted by atomic mass is 10.3. The van der Waals surface area contributed by atoms with Crippen molar-refractivity contribution in [2.45, 2.75) is 19.5 Å². The SMILES string of the molecule is CC(CNCc1ccco1)n1ccnc1-c1cccs1. The molecule has 20 heavy (non-hydrogen) atoms. The Morgan fingerprint density at radius 2 is 2.35 bits per heavy atom. The van der Waals surface area contributed by atoms with Crippen molar-refractivity contribution in [3.8, 4) is 10.7 Å². The molecule has 1 atom stereocenters. The Morgan fingerprint density at radius 1 is 1.40 bits per heavy atom. The van der Waals surface area contributed by atoms with Gasteiger partial charge in [0.15, 0.2) is 0 Å². The van der Waals surface area contributed by atoms with E-state index in [0.717, 1.165) is 24.7 Å². The van der Waals surface area contributed by atoms with Gasteiger partial charge in [-0.25, -0.2) is 4.98 Å². The molecule has 3 aromatic rings. The molecule has 0 aliphatic carbocycles. The number of thiophene rings is 1. The van der Waals surface area contributed by atoms with Gasteiger partial charge < -0.3 is 14.3 Å². The highest BCUT2D eigenvalue weighted by atomic mass is 32.1. The zero-order chi connectivity index (χ0) is 13.8. The van der Waals surface area contributed by atoms with Crippen LogP contribution < -0.4 is 5.32 Å². The second kappa shape index (κ2) is 6.07. The van der Waals surface area contributed by atoms with Crippen LogP contribution in [0.3, 0.4) is 0 Å². The fraction of sp³-hybridized carbons (Fsp3) is 0.267. The topological polar surface area (TPSA) is 43.0 Å². The third-order valence-electron chi connectivity index (χ3n) is 3.20. The van der Waals surface area contributed by atoms with Gasteiger partial charge in [-0.15, -0.1) is 11.3 Å². The van der Waals surface area contributed by atoms with Crippen molar-refractivity contribution in [1.29, 1.82) is 0 Å². The summed E-state index contributed by atoms with van der Waals surface area (Å²) in [6.07, 6.45) is 5.59. The summed E-state index contributed by atoms with van der Waals surface area (Å²) in [6, 6.07) is 8.38. The van der Waals surface area contributed by atoms with Gasteiger partial charge in [0.2, 0.25) is 0 Å². The average Bonchev–Trinajstić information content (AvgIpc) is 3.19. The molecule has 1 unspecified atom stereocenters. The second-order valence-electron chi connectivity index (χ2n) is 4.69. The standard InChI is InChI=1S/C15H17N3OS/c1-12(10-16-11-13-4-2-8-19-13)18-7-6-17-15(18)14-5-3-9-20-14/h2-9,12,16H,10-11H2,1H3. The Labute approximate surface area is 122 Å². The summed E-state index contributed by atoms with van der Waals surface area (Å²) in [5.41, 5.74) is 0. The van der Waals surface area contributed by atoms with Crippen molar-refractivity contribution in [2.75, 3.05) is 6.54 Å². The summed E-state index contributed by atoms with van der Waals surface area (Å²) < 4.78 is 7.52. The van der Waals surface area contributed by atoms with Gasteiger partial charge in [-0.2, -0.15) is 0 Å². The summed E-state index contributed by atoms with van der Waals surface area (Å²) in [4.78, 5) is 5.67. The quantitative estimate of drug-likeness (QED) is 0.754. The van der Waals surface area contributed by atoms with Gasteiger partial charge in [-0.3, -0.25) is 0 Å². The molecule has 0 saturated heterocycles. The number of nitrogens with one attached hydrogen (secondary N) is 1. The lowest BCUT2D eigenvalue weighted by Crippen LogP contribution is -2.23. The van der Waals surface area contributed by atoms with E-state index in [0.29, 0.717) is 6.04 Å². The molecular weight excluding hydrogens is 270 g/mol. The third kappa shape index (κ3) is 2.84. The van der Waals surface area contributed by atoms with E-state index in [1.165, 1.54) is 4.88 Å². The maximum Gasteiger partial charge on any atom is 0.150 e. The largest absolute Gasteiger partial charge is 0.468 e. The van der Waals surface area contributed by atoms with Crippen LogP contribution in [0, 0.1) is 0 Å². The highest BCUT2D eigenvalue weighted by Gasteiger charge is 2.12. The van der Waals surface area contributed by atoms with Gasteiger partial charge in [-0.05, 0) is 30.5 Å². The molecule has 0 radical (unpaired) electrons. The third-order valence-corrected chi connectivity index (χ3v) is 4.07. The molecule has 0 bridgehead atoms. The molecule has 0 fully saturated rings. The summed E-state index contributed by atoms with van der Waals surface area (Å²) in [7, 11) is 0. The molecule has 0 aromatic carbocycles. The molecule has 3 aromatic heterocycles. The van der Waals surface area contributed by atoms with Crippen molar-refractivity contribution in [2.24, 2.45) is 0 Å². The van der Waals surface area contributed by atoms with Gasteiger partial charge in [0.05, 0.1) is 17.7 Å². The minimum atomic E-state index is 0.338. The van der Waals surface area contributed by atoms with Crippen molar-refractivity contribution < 1.29 is 4.42 Å². The number of rotatable bonds is 6. The van der Waals surface area contributed by atoms with Crippen LogP contribution in [0.5, 0.6) is 0 Å². The molecule has 0 saturated carbocycles. The van der Waals surface area contributed by atoms with E-state index in [4.69, 9.17) is 4.42 Å². The van der Waals surface area contributed by atoms with Crippen LogP contribution in [0.4, 0.5) is 0 Å². The molecule has 0 amide bonds. The van der Waals surface area contributed by atoms with Crippen LogP contribution in [0.2, 0.25) is 0 Å². The number of hydrogen-bond acceptors (Lipinski definition) is 4. The fourth-order valence-electron chi connectivity index (χ4n) is 2.18. The minimum Gasteiger partial charge on any atom is -0.468 e. The Morgan fingerprint density at radius 3 is 3.10 bits per heavy atom. The smallest absolute Gasteiger partial charge is 0.150 e. The zero-order valence-corrected chi connectivity index (χ0v) is 12.1.